The summed E-state index contributed by atoms with van der Waals surface area (Å²) in [4.78, 5) is 29.7. The van der Waals surface area contributed by atoms with Crippen molar-refractivity contribution in [3.8, 4) is 11.4 Å². The average Bonchev–Trinajstić information content (AvgIpc) is 3.23. The maximum atomic E-state index is 12.6. The number of esters is 1. The first-order valence-electron chi connectivity index (χ1n) is 14.1. The summed E-state index contributed by atoms with van der Waals surface area (Å²) in [5, 5.41) is 12.2. The molecule has 1 aromatic heterocycles. The Hall–Kier alpha value is -3.72. The van der Waals surface area contributed by atoms with Crippen molar-refractivity contribution in [1.29, 1.82) is 0 Å². The van der Waals surface area contributed by atoms with Gasteiger partial charge in [0.05, 0.1) is 24.4 Å². The SMILES string of the molecule is CCNC(=O)C[C@@H]1N=C(c2ccc(Cl)cc2)c2cc(OCCCCCC(=O)OC(C)(C)C)ccc2-n2c(C)nnc21. The van der Waals surface area contributed by atoms with Crippen molar-refractivity contribution in [1.82, 2.24) is 20.1 Å². The number of hydrogen-bond acceptors (Lipinski definition) is 7. The molecule has 1 atom stereocenters. The van der Waals surface area contributed by atoms with Crippen LogP contribution in [0, 0.1) is 6.92 Å². The van der Waals surface area contributed by atoms with Crippen molar-refractivity contribution in [2.75, 3.05) is 13.2 Å². The lowest BCUT2D eigenvalue weighted by Gasteiger charge is -2.19. The van der Waals surface area contributed by atoms with Crippen LogP contribution < -0.4 is 10.1 Å². The molecule has 0 unspecified atom stereocenters. The number of ether oxygens (including phenoxy) is 2. The number of aryl methyl sites for hydroxylation is 1. The molecule has 0 fully saturated rings. The molecule has 218 valence electrons. The number of fused-ring (bicyclic) bond motifs is 3. The fourth-order valence-corrected chi connectivity index (χ4v) is 4.84. The van der Waals surface area contributed by atoms with E-state index >= 15 is 0 Å². The molecule has 0 saturated heterocycles. The first kappa shape index (κ1) is 30.2. The van der Waals surface area contributed by atoms with Gasteiger partial charge in [-0.1, -0.05) is 23.7 Å². The molecule has 1 N–H and O–H groups in total. The predicted molar refractivity (Wildman–Crippen MR) is 159 cm³/mol. The molecule has 1 amide bonds. The van der Waals surface area contributed by atoms with Gasteiger partial charge in [-0.2, -0.15) is 0 Å². The lowest BCUT2D eigenvalue weighted by atomic mass is 10.00. The molecule has 0 aliphatic carbocycles. The van der Waals surface area contributed by atoms with Gasteiger partial charge < -0.3 is 14.8 Å². The summed E-state index contributed by atoms with van der Waals surface area (Å²) < 4.78 is 13.5. The summed E-state index contributed by atoms with van der Waals surface area (Å²) in [6, 6.07) is 12.8. The zero-order valence-electron chi connectivity index (χ0n) is 24.4. The van der Waals surface area contributed by atoms with Gasteiger partial charge in [0.2, 0.25) is 5.91 Å². The second-order valence-corrected chi connectivity index (χ2v) is 11.5. The molecular weight excluding hydrogens is 542 g/mol. The van der Waals surface area contributed by atoms with Crippen molar-refractivity contribution in [3.05, 3.63) is 70.3 Å². The molecule has 0 radical (unpaired) electrons. The van der Waals surface area contributed by atoms with Gasteiger partial charge in [0.25, 0.3) is 0 Å². The van der Waals surface area contributed by atoms with E-state index in [0.717, 1.165) is 41.8 Å². The third kappa shape index (κ3) is 7.94. The van der Waals surface area contributed by atoms with Crippen LogP contribution in [0.15, 0.2) is 47.5 Å². The molecule has 2 heterocycles. The molecule has 10 heteroatoms. The van der Waals surface area contributed by atoms with E-state index in [4.69, 9.17) is 26.1 Å². The molecule has 0 saturated carbocycles. The van der Waals surface area contributed by atoms with E-state index < -0.39 is 11.6 Å². The van der Waals surface area contributed by atoms with Crippen LogP contribution in [0.4, 0.5) is 0 Å². The summed E-state index contributed by atoms with van der Waals surface area (Å²) in [5.74, 6) is 1.73. The van der Waals surface area contributed by atoms with Crippen LogP contribution in [0.25, 0.3) is 5.69 Å². The molecule has 1 aliphatic rings. The van der Waals surface area contributed by atoms with Crippen molar-refractivity contribution in [3.63, 3.8) is 0 Å². The number of aliphatic imine (C=N–C) groups is 1. The number of benzene rings is 2. The number of aromatic nitrogens is 3. The number of carbonyl (C=O) groups excluding carboxylic acids is 2. The van der Waals surface area contributed by atoms with E-state index in [0.29, 0.717) is 42.0 Å². The Kier molecular flexibility index (Phi) is 9.81. The second-order valence-electron chi connectivity index (χ2n) is 11.0. The highest BCUT2D eigenvalue weighted by atomic mass is 35.5. The van der Waals surface area contributed by atoms with Crippen molar-refractivity contribution in [2.45, 2.75) is 78.4 Å². The normalized spacial score (nSPS) is 14.4. The number of rotatable bonds is 11. The molecule has 9 nitrogen and oxygen atoms in total. The summed E-state index contributed by atoms with van der Waals surface area (Å²) in [6.07, 6.45) is 2.95. The maximum absolute atomic E-state index is 12.6. The fraction of sp³-hybridized carbons (Fsp3) is 0.452. The highest BCUT2D eigenvalue weighted by Gasteiger charge is 2.30. The number of carbonyl (C=O) groups is 2. The summed E-state index contributed by atoms with van der Waals surface area (Å²) in [7, 11) is 0. The smallest absolute Gasteiger partial charge is 0.306 e. The number of amides is 1. The minimum absolute atomic E-state index is 0.106. The first-order valence-corrected chi connectivity index (χ1v) is 14.5. The summed E-state index contributed by atoms with van der Waals surface area (Å²) in [6.45, 7) is 10.4. The van der Waals surface area contributed by atoms with Crippen LogP contribution in [-0.4, -0.2) is 51.1 Å². The molecule has 1 aliphatic heterocycles. The maximum Gasteiger partial charge on any atom is 0.306 e. The highest BCUT2D eigenvalue weighted by Crippen LogP contribution is 2.34. The number of halogens is 1. The van der Waals surface area contributed by atoms with Gasteiger partial charge in [-0.3, -0.25) is 19.1 Å². The topological polar surface area (TPSA) is 108 Å². The average molecular weight is 580 g/mol. The highest BCUT2D eigenvalue weighted by molar-refractivity contribution is 6.30. The third-order valence-corrected chi connectivity index (χ3v) is 6.73. The van der Waals surface area contributed by atoms with Gasteiger partial charge in [0.1, 0.15) is 23.2 Å². The minimum atomic E-state index is -0.532. The van der Waals surface area contributed by atoms with Crippen LogP contribution in [0.5, 0.6) is 5.75 Å². The van der Waals surface area contributed by atoms with Gasteiger partial charge in [-0.05, 0) is 84.2 Å². The number of nitrogens with one attached hydrogen (secondary N) is 1. The molecule has 41 heavy (non-hydrogen) atoms. The van der Waals surface area contributed by atoms with E-state index in [1.165, 1.54) is 0 Å². The van der Waals surface area contributed by atoms with Crippen molar-refractivity contribution in [2.24, 2.45) is 4.99 Å². The summed E-state index contributed by atoms with van der Waals surface area (Å²) >= 11 is 6.19. The Labute approximate surface area is 246 Å². The van der Waals surface area contributed by atoms with Gasteiger partial charge >= 0.3 is 5.97 Å². The molecule has 0 bridgehead atoms. The van der Waals surface area contributed by atoms with E-state index in [2.05, 4.69) is 15.5 Å². The van der Waals surface area contributed by atoms with Crippen LogP contribution in [0.1, 0.15) is 88.6 Å². The monoisotopic (exact) mass is 579 g/mol. The number of nitrogens with zero attached hydrogens (tertiary/aromatic N) is 4. The van der Waals surface area contributed by atoms with Crippen molar-refractivity contribution < 1.29 is 19.1 Å². The first-order chi connectivity index (χ1) is 19.6. The van der Waals surface area contributed by atoms with Gasteiger partial charge in [0.15, 0.2) is 5.82 Å². The van der Waals surface area contributed by atoms with E-state index in [9.17, 15) is 9.59 Å². The fourth-order valence-electron chi connectivity index (χ4n) is 4.72. The van der Waals surface area contributed by atoms with Crippen LogP contribution >= 0.6 is 11.6 Å². The second kappa shape index (κ2) is 13.3. The zero-order chi connectivity index (χ0) is 29.6. The van der Waals surface area contributed by atoms with E-state index in [1.807, 2.05) is 81.7 Å². The van der Waals surface area contributed by atoms with Gasteiger partial charge in [0, 0.05) is 29.1 Å². The largest absolute Gasteiger partial charge is 0.494 e. The zero-order valence-corrected chi connectivity index (χ0v) is 25.1. The Morgan fingerprint density at radius 1 is 1.05 bits per heavy atom. The van der Waals surface area contributed by atoms with Gasteiger partial charge in [-0.15, -0.1) is 10.2 Å². The Morgan fingerprint density at radius 3 is 2.51 bits per heavy atom. The van der Waals surface area contributed by atoms with Crippen molar-refractivity contribution >= 4 is 29.2 Å². The molecule has 4 rings (SSSR count). The minimum Gasteiger partial charge on any atom is -0.494 e. The molecular formula is C31H38ClN5O4. The van der Waals surface area contributed by atoms with Crippen LogP contribution in [0.3, 0.4) is 0 Å². The number of hydrogen-bond donors (Lipinski definition) is 1. The Morgan fingerprint density at radius 2 is 1.80 bits per heavy atom. The Balaban J connectivity index is 1.57. The Bertz CT molecular complexity index is 1410. The van der Waals surface area contributed by atoms with Crippen LogP contribution in [-0.2, 0) is 14.3 Å². The lowest BCUT2D eigenvalue weighted by Crippen LogP contribution is -2.25. The molecule has 0 spiro atoms. The van der Waals surface area contributed by atoms with E-state index in [1.54, 1.807) is 0 Å². The van der Waals surface area contributed by atoms with E-state index in [-0.39, 0.29) is 18.3 Å². The number of unbranched alkanes of at least 4 members (excludes halogenated alkanes) is 2. The predicted octanol–water partition coefficient (Wildman–Crippen LogP) is 5.93. The quantitative estimate of drug-likeness (QED) is 0.223. The summed E-state index contributed by atoms with van der Waals surface area (Å²) in [5.41, 5.74) is 2.83. The molecule has 2 aromatic carbocycles. The van der Waals surface area contributed by atoms with Crippen LogP contribution in [0.2, 0.25) is 5.02 Å². The van der Waals surface area contributed by atoms with Gasteiger partial charge in [-0.25, -0.2) is 0 Å². The third-order valence-electron chi connectivity index (χ3n) is 6.48. The lowest BCUT2D eigenvalue weighted by molar-refractivity contribution is -0.154. The molecule has 3 aromatic rings. The standard InChI is InChI=1S/C31H38ClN5O4/c1-6-33-27(38)19-25-30-36-35-20(2)37(30)26-16-15-23(40-17-9-7-8-10-28(39)41-31(3,4)5)18-24(26)29(34-25)21-11-13-22(32)14-12-21/h11-16,18,25H,6-10,17,19H2,1-5H3,(H,33,38)/t25-/m0/s1.